The second kappa shape index (κ2) is 5.93. The topological polar surface area (TPSA) is 17.8 Å². The van der Waals surface area contributed by atoms with E-state index < -0.39 is 0 Å². The zero-order valence-electron chi connectivity index (χ0n) is 13.4. The molecule has 0 radical (unpaired) electrons. The van der Waals surface area contributed by atoms with Crippen LogP contribution in [0.3, 0.4) is 0 Å². The van der Waals surface area contributed by atoms with Gasteiger partial charge in [-0.25, -0.2) is 9.37 Å². The first-order chi connectivity index (χ1) is 11.7. The lowest BCUT2D eigenvalue weighted by molar-refractivity contribution is 0.628. The highest BCUT2D eigenvalue weighted by molar-refractivity contribution is 5.80. The third kappa shape index (κ3) is 2.58. The lowest BCUT2D eigenvalue weighted by atomic mass is 10.1. The standard InChI is InChI=1S/C21H17FN2/c1-15-7-6-8-16(13-15)14-24-20-12-5-4-11-19(20)23-21(24)17-9-2-3-10-18(17)22/h2-13H,14H2,1H3. The van der Waals surface area contributed by atoms with Crippen molar-refractivity contribution in [3.63, 3.8) is 0 Å². The van der Waals surface area contributed by atoms with Crippen LogP contribution in [-0.4, -0.2) is 9.55 Å². The van der Waals surface area contributed by atoms with Gasteiger partial charge in [-0.05, 0) is 36.8 Å². The molecule has 0 aliphatic heterocycles. The molecule has 24 heavy (non-hydrogen) atoms. The smallest absolute Gasteiger partial charge is 0.144 e. The largest absolute Gasteiger partial charge is 0.319 e. The van der Waals surface area contributed by atoms with Crippen LogP contribution in [0.4, 0.5) is 4.39 Å². The van der Waals surface area contributed by atoms with E-state index >= 15 is 0 Å². The Morgan fingerprint density at radius 1 is 0.917 bits per heavy atom. The van der Waals surface area contributed by atoms with Gasteiger partial charge in [0.1, 0.15) is 11.6 Å². The van der Waals surface area contributed by atoms with Gasteiger partial charge in [0, 0.05) is 6.54 Å². The molecule has 0 spiro atoms. The molecule has 0 amide bonds. The normalized spacial score (nSPS) is 11.1. The molecule has 3 heteroatoms. The van der Waals surface area contributed by atoms with Crippen LogP contribution in [-0.2, 0) is 6.54 Å². The average Bonchev–Trinajstić information content (AvgIpc) is 2.94. The average molecular weight is 316 g/mol. The molecule has 0 saturated heterocycles. The van der Waals surface area contributed by atoms with Gasteiger partial charge in [-0.2, -0.15) is 0 Å². The Kier molecular flexibility index (Phi) is 3.62. The highest BCUT2D eigenvalue weighted by atomic mass is 19.1. The highest BCUT2D eigenvalue weighted by Crippen LogP contribution is 2.27. The Hall–Kier alpha value is -2.94. The molecular formula is C21H17FN2. The van der Waals surface area contributed by atoms with Gasteiger partial charge in [-0.1, -0.05) is 54.1 Å². The molecule has 4 rings (SSSR count). The zero-order valence-corrected chi connectivity index (χ0v) is 13.4. The number of halogens is 1. The molecule has 0 saturated carbocycles. The molecule has 0 N–H and O–H groups in total. The first kappa shape index (κ1) is 14.6. The van der Waals surface area contributed by atoms with Crippen LogP contribution in [0.1, 0.15) is 11.1 Å². The van der Waals surface area contributed by atoms with Crippen molar-refractivity contribution < 1.29 is 4.39 Å². The molecule has 2 nitrogen and oxygen atoms in total. The molecule has 0 aliphatic carbocycles. The van der Waals surface area contributed by atoms with Crippen molar-refractivity contribution >= 4 is 11.0 Å². The number of imidazole rings is 1. The molecule has 118 valence electrons. The summed E-state index contributed by atoms with van der Waals surface area (Å²) in [6, 6.07) is 23.1. The fraction of sp³-hybridized carbons (Fsp3) is 0.0952. The Morgan fingerprint density at radius 3 is 2.54 bits per heavy atom. The highest BCUT2D eigenvalue weighted by Gasteiger charge is 2.15. The van der Waals surface area contributed by atoms with E-state index in [0.717, 1.165) is 11.0 Å². The summed E-state index contributed by atoms with van der Waals surface area (Å²) in [4.78, 5) is 4.69. The van der Waals surface area contributed by atoms with E-state index in [-0.39, 0.29) is 5.82 Å². The van der Waals surface area contributed by atoms with Crippen molar-refractivity contribution in [1.82, 2.24) is 9.55 Å². The Balaban J connectivity index is 1.92. The van der Waals surface area contributed by atoms with Gasteiger partial charge in [-0.3, -0.25) is 0 Å². The quantitative estimate of drug-likeness (QED) is 0.508. The van der Waals surface area contributed by atoms with Gasteiger partial charge in [0.15, 0.2) is 0 Å². The Bertz CT molecular complexity index is 1020. The second-order valence-corrected chi connectivity index (χ2v) is 5.98. The third-order valence-corrected chi connectivity index (χ3v) is 4.19. The number of nitrogens with zero attached hydrogens (tertiary/aromatic N) is 2. The molecule has 0 unspecified atom stereocenters. The van der Waals surface area contributed by atoms with Crippen LogP contribution in [0.5, 0.6) is 0 Å². The number of rotatable bonds is 3. The Morgan fingerprint density at radius 2 is 1.71 bits per heavy atom. The van der Waals surface area contributed by atoms with Gasteiger partial charge < -0.3 is 4.57 Å². The molecule has 1 heterocycles. The number of benzene rings is 3. The maximum absolute atomic E-state index is 14.3. The zero-order chi connectivity index (χ0) is 16.5. The Labute approximate surface area is 140 Å². The third-order valence-electron chi connectivity index (χ3n) is 4.19. The minimum atomic E-state index is -0.252. The lowest BCUT2D eigenvalue weighted by Crippen LogP contribution is -2.03. The number of para-hydroxylation sites is 2. The van der Waals surface area contributed by atoms with Crippen LogP contribution in [0.15, 0.2) is 72.8 Å². The predicted octanol–water partition coefficient (Wildman–Crippen LogP) is 5.20. The van der Waals surface area contributed by atoms with Crippen LogP contribution < -0.4 is 0 Å². The lowest BCUT2D eigenvalue weighted by Gasteiger charge is -2.11. The van der Waals surface area contributed by atoms with E-state index in [2.05, 4.69) is 34.7 Å². The number of hydrogen-bond acceptors (Lipinski definition) is 1. The van der Waals surface area contributed by atoms with Gasteiger partial charge in [0.25, 0.3) is 0 Å². The van der Waals surface area contributed by atoms with Crippen LogP contribution in [0, 0.1) is 12.7 Å². The van der Waals surface area contributed by atoms with E-state index in [1.165, 1.54) is 17.2 Å². The molecule has 0 fully saturated rings. The summed E-state index contributed by atoms with van der Waals surface area (Å²) in [6.45, 7) is 2.74. The molecule has 0 aliphatic rings. The predicted molar refractivity (Wildman–Crippen MR) is 95.4 cm³/mol. The molecule has 4 aromatic rings. The number of fused-ring (bicyclic) bond motifs is 1. The summed E-state index contributed by atoms with van der Waals surface area (Å²) < 4.78 is 16.4. The minimum absolute atomic E-state index is 0.252. The summed E-state index contributed by atoms with van der Waals surface area (Å²) >= 11 is 0. The van der Waals surface area contributed by atoms with E-state index in [1.54, 1.807) is 12.1 Å². The fourth-order valence-electron chi connectivity index (χ4n) is 3.08. The van der Waals surface area contributed by atoms with Crippen LogP contribution in [0.25, 0.3) is 22.4 Å². The summed E-state index contributed by atoms with van der Waals surface area (Å²) in [5.41, 5.74) is 4.81. The maximum Gasteiger partial charge on any atom is 0.144 e. The second-order valence-electron chi connectivity index (χ2n) is 5.98. The van der Waals surface area contributed by atoms with Crippen molar-refractivity contribution in [2.45, 2.75) is 13.5 Å². The molecule has 0 atom stereocenters. The van der Waals surface area contributed by atoms with E-state index in [4.69, 9.17) is 0 Å². The van der Waals surface area contributed by atoms with Gasteiger partial charge in [-0.15, -0.1) is 0 Å². The van der Waals surface area contributed by atoms with E-state index in [0.29, 0.717) is 17.9 Å². The van der Waals surface area contributed by atoms with Gasteiger partial charge in [0.05, 0.1) is 16.6 Å². The molecule has 1 aromatic heterocycles. The number of aryl methyl sites for hydroxylation is 1. The van der Waals surface area contributed by atoms with Crippen molar-refractivity contribution in [2.24, 2.45) is 0 Å². The fourth-order valence-corrected chi connectivity index (χ4v) is 3.08. The van der Waals surface area contributed by atoms with Crippen molar-refractivity contribution in [3.05, 3.63) is 89.7 Å². The van der Waals surface area contributed by atoms with Crippen LogP contribution >= 0.6 is 0 Å². The molecule has 0 bridgehead atoms. The maximum atomic E-state index is 14.3. The molecular weight excluding hydrogens is 299 g/mol. The van der Waals surface area contributed by atoms with Gasteiger partial charge >= 0.3 is 0 Å². The van der Waals surface area contributed by atoms with Crippen molar-refractivity contribution in [3.8, 4) is 11.4 Å². The number of hydrogen-bond donors (Lipinski definition) is 0. The first-order valence-electron chi connectivity index (χ1n) is 7.98. The van der Waals surface area contributed by atoms with E-state index in [9.17, 15) is 4.39 Å². The summed E-state index contributed by atoms with van der Waals surface area (Å²) in [6.07, 6.45) is 0. The summed E-state index contributed by atoms with van der Waals surface area (Å²) in [7, 11) is 0. The minimum Gasteiger partial charge on any atom is -0.319 e. The van der Waals surface area contributed by atoms with Crippen LogP contribution in [0.2, 0.25) is 0 Å². The van der Waals surface area contributed by atoms with Crippen molar-refractivity contribution in [2.75, 3.05) is 0 Å². The van der Waals surface area contributed by atoms with Crippen molar-refractivity contribution in [1.29, 1.82) is 0 Å². The monoisotopic (exact) mass is 316 g/mol. The first-order valence-corrected chi connectivity index (χ1v) is 7.98. The number of aromatic nitrogens is 2. The molecule has 3 aromatic carbocycles. The van der Waals surface area contributed by atoms with E-state index in [1.807, 2.05) is 36.4 Å². The summed E-state index contributed by atoms with van der Waals surface area (Å²) in [5, 5.41) is 0. The SMILES string of the molecule is Cc1cccc(Cn2c(-c3ccccc3F)nc3ccccc32)c1. The van der Waals surface area contributed by atoms with Gasteiger partial charge in [0.2, 0.25) is 0 Å². The summed E-state index contributed by atoms with van der Waals surface area (Å²) in [5.74, 6) is 0.411.